The number of nitrogens with one attached hydrogen (secondary N) is 2. The molecule has 0 aromatic heterocycles. The number of hydrogen-bond acceptors (Lipinski definition) is 2. The van der Waals surface area contributed by atoms with Crippen LogP contribution in [-0.2, 0) is 0 Å². The third-order valence-electron chi connectivity index (χ3n) is 16.1. The van der Waals surface area contributed by atoms with Gasteiger partial charge in [-0.05, 0) is 117 Å². The molecule has 4 aromatic carbocycles. The smallest absolute Gasteiger partial charge is 0.218 e. The van der Waals surface area contributed by atoms with E-state index in [0.29, 0.717) is 23.8 Å². The number of rotatable bonds is 4. The highest BCUT2D eigenvalue weighted by molar-refractivity contribution is 6.13. The van der Waals surface area contributed by atoms with Crippen molar-refractivity contribution in [1.29, 1.82) is 0 Å². The van der Waals surface area contributed by atoms with Gasteiger partial charge in [0.1, 0.15) is 0 Å². The lowest BCUT2D eigenvalue weighted by molar-refractivity contribution is 0.126. The number of fused-ring (bicyclic) bond motifs is 4. The van der Waals surface area contributed by atoms with Gasteiger partial charge >= 0.3 is 0 Å². The van der Waals surface area contributed by atoms with Crippen LogP contribution in [0.1, 0.15) is 102 Å². The molecule has 6 nitrogen and oxygen atoms in total. The van der Waals surface area contributed by atoms with Crippen LogP contribution < -0.4 is 16.5 Å². The Balaban J connectivity index is 1.11. The van der Waals surface area contributed by atoms with Crippen molar-refractivity contribution >= 4 is 57.0 Å². The minimum atomic E-state index is 0.125. The number of hydrazine groups is 1. The summed E-state index contributed by atoms with van der Waals surface area (Å²) in [7, 11) is 0. The van der Waals surface area contributed by atoms with Crippen LogP contribution in [0, 0.1) is 33.5 Å². The van der Waals surface area contributed by atoms with Gasteiger partial charge in [0, 0.05) is 17.2 Å². The summed E-state index contributed by atoms with van der Waals surface area (Å²) in [4.78, 5) is 11.0. The first-order valence-electron chi connectivity index (χ1n) is 19.6. The maximum atomic E-state index is 7.05. The van der Waals surface area contributed by atoms with Crippen molar-refractivity contribution in [2.75, 3.05) is 0 Å². The van der Waals surface area contributed by atoms with E-state index >= 15 is 0 Å². The Morgan fingerprint density at radius 1 is 0.712 bits per heavy atom. The van der Waals surface area contributed by atoms with Crippen LogP contribution >= 0.6 is 0 Å². The van der Waals surface area contributed by atoms with Gasteiger partial charge in [-0.3, -0.25) is 5.43 Å². The molecule has 0 radical (unpaired) electrons. The Hall–Kier alpha value is -4.58. The molecule has 0 aliphatic heterocycles. The van der Waals surface area contributed by atoms with Gasteiger partial charge in [-0.1, -0.05) is 114 Å². The van der Waals surface area contributed by atoms with E-state index in [1.165, 1.54) is 63.9 Å². The second-order valence-corrected chi connectivity index (χ2v) is 18.4. The lowest BCUT2D eigenvalue weighted by Crippen LogP contribution is -2.57. The molecule has 0 saturated heterocycles. The molecule has 266 valence electrons. The van der Waals surface area contributed by atoms with Crippen molar-refractivity contribution in [3.05, 3.63) is 95.1 Å². The molecule has 6 heteroatoms. The van der Waals surface area contributed by atoms with Crippen LogP contribution in [0.4, 0.5) is 0 Å². The van der Waals surface area contributed by atoms with Crippen LogP contribution in [0.2, 0.25) is 0 Å². The second kappa shape index (κ2) is 10.7. The van der Waals surface area contributed by atoms with Gasteiger partial charge in [-0.2, -0.15) is 0 Å². The van der Waals surface area contributed by atoms with Crippen LogP contribution in [0.5, 0.6) is 0 Å². The highest BCUT2D eigenvalue weighted by Crippen LogP contribution is 2.67. The van der Waals surface area contributed by atoms with E-state index < -0.39 is 0 Å². The van der Waals surface area contributed by atoms with Crippen LogP contribution in [0.25, 0.3) is 45.1 Å². The first-order chi connectivity index (χ1) is 24.9. The summed E-state index contributed by atoms with van der Waals surface area (Å²) in [6, 6.07) is 26.6. The molecule has 6 unspecified atom stereocenters. The van der Waals surface area contributed by atoms with Gasteiger partial charge in [0.15, 0.2) is 0 Å². The molecule has 6 atom stereocenters. The second-order valence-electron chi connectivity index (χ2n) is 18.4. The highest BCUT2D eigenvalue weighted by atomic mass is 15.6. The molecule has 0 spiro atoms. The van der Waals surface area contributed by atoms with Crippen LogP contribution in [0.15, 0.2) is 82.8 Å². The molecule has 6 aliphatic carbocycles. The Morgan fingerprint density at radius 2 is 1.29 bits per heavy atom. The molecule has 0 heterocycles. The third-order valence-corrected chi connectivity index (χ3v) is 16.1. The molecule has 4 fully saturated rings. The largest absolute Gasteiger partial charge is 0.368 e. The molecule has 4 N–H and O–H groups in total. The zero-order chi connectivity index (χ0) is 35.8. The maximum Gasteiger partial charge on any atom is 0.218 e. The normalized spacial score (nSPS) is 31.8. The van der Waals surface area contributed by atoms with E-state index in [4.69, 9.17) is 15.7 Å². The monoisotopic (exact) mass is 688 g/mol. The summed E-state index contributed by atoms with van der Waals surface area (Å²) in [6.07, 6.45) is 11.8. The number of nitrogens with zero attached hydrogens (tertiary/aromatic N) is 3. The van der Waals surface area contributed by atoms with Crippen molar-refractivity contribution < 1.29 is 0 Å². The quantitative estimate of drug-likeness (QED) is 0.113. The first-order valence-corrected chi connectivity index (χ1v) is 19.6. The van der Waals surface area contributed by atoms with E-state index in [1.54, 1.807) is 0 Å². The van der Waals surface area contributed by atoms with Gasteiger partial charge < -0.3 is 11.1 Å². The molecule has 6 aliphatic rings. The number of aliphatic imine (C=N–C) groups is 2. The lowest BCUT2D eigenvalue weighted by atomic mass is 9.69. The molecular formula is C46H52N6. The molecule has 0 amide bonds. The van der Waals surface area contributed by atoms with Crippen molar-refractivity contribution in [2.45, 2.75) is 92.2 Å². The van der Waals surface area contributed by atoms with Crippen LogP contribution in [-0.4, -0.2) is 29.0 Å². The Kier molecular flexibility index (Phi) is 6.63. The summed E-state index contributed by atoms with van der Waals surface area (Å²) < 4.78 is 0. The Morgan fingerprint density at radius 3 is 1.88 bits per heavy atom. The van der Waals surface area contributed by atoms with Gasteiger partial charge in [0.05, 0.1) is 17.4 Å². The van der Waals surface area contributed by atoms with Crippen molar-refractivity contribution in [3.63, 3.8) is 0 Å². The maximum absolute atomic E-state index is 7.05. The van der Waals surface area contributed by atoms with E-state index in [9.17, 15) is 0 Å². The van der Waals surface area contributed by atoms with Gasteiger partial charge in [0.25, 0.3) is 0 Å². The fraction of sp³-hybridized carbons (Fsp3) is 0.435. The predicted octanol–water partition coefficient (Wildman–Crippen LogP) is 9.81. The summed E-state index contributed by atoms with van der Waals surface area (Å²) in [6.45, 7) is 15.0. The zero-order valence-electron chi connectivity index (χ0n) is 31.6. The number of nitrogens with two attached hydrogens (primary N) is 1. The fourth-order valence-corrected chi connectivity index (χ4v) is 11.9. The summed E-state index contributed by atoms with van der Waals surface area (Å²) >= 11 is 0. The first kappa shape index (κ1) is 32.1. The Labute approximate surface area is 308 Å². The minimum absolute atomic E-state index is 0.125. The average molecular weight is 689 g/mol. The van der Waals surface area contributed by atoms with E-state index in [1.807, 2.05) is 0 Å². The third kappa shape index (κ3) is 4.24. The van der Waals surface area contributed by atoms with Crippen molar-refractivity contribution in [1.82, 2.24) is 15.8 Å². The SMILES string of the molecule is CC1(C)C2CCC1(C)C(N=C(NC1CC3CCC1(C)C3(C)C)N(NC(N)=NC1=Cc3cccc4cccc1c34)C1=Cc3cccc4cccc1c34)C2. The predicted molar refractivity (Wildman–Crippen MR) is 217 cm³/mol. The number of hydrogen-bond donors (Lipinski definition) is 3. The van der Waals surface area contributed by atoms with Gasteiger partial charge in [-0.15, -0.1) is 0 Å². The highest BCUT2D eigenvalue weighted by Gasteiger charge is 2.63. The minimum Gasteiger partial charge on any atom is -0.368 e. The van der Waals surface area contributed by atoms with E-state index in [0.717, 1.165) is 35.8 Å². The van der Waals surface area contributed by atoms with Gasteiger partial charge in [-0.25, -0.2) is 15.0 Å². The summed E-state index contributed by atoms with van der Waals surface area (Å²) in [5.41, 5.74) is 18.1. The zero-order valence-corrected chi connectivity index (χ0v) is 31.6. The topological polar surface area (TPSA) is 78.0 Å². The number of guanidine groups is 2. The Bertz CT molecular complexity index is 2300. The van der Waals surface area contributed by atoms with E-state index in [-0.39, 0.29) is 27.7 Å². The molecule has 4 aromatic rings. The molecular weight excluding hydrogens is 637 g/mol. The molecule has 4 saturated carbocycles. The molecule has 4 bridgehead atoms. The molecule has 52 heavy (non-hydrogen) atoms. The fourth-order valence-electron chi connectivity index (χ4n) is 11.9. The van der Waals surface area contributed by atoms with Gasteiger partial charge in [0.2, 0.25) is 11.9 Å². The van der Waals surface area contributed by atoms with Crippen molar-refractivity contribution in [2.24, 2.45) is 49.2 Å². The molecule has 10 rings (SSSR count). The standard InChI is InChI=1S/C46H52N6/c1-43(2)31-19-21-45(43,5)37(25-31)49-42(50-38-26-32-20-22-46(38,6)44(32,3)4)52(36-24-30-16-8-12-28-14-10-18-34(36)40(28)30)51-41(47)48-35-23-29-15-7-11-27-13-9-17-33(35)39(27)29/h7-18,23-24,31-32,37-38H,19-22,25-26H2,1-6H3,(H,49,50)(H3,47,48,51). The average Bonchev–Trinajstić information content (AvgIpc) is 3.88. The summed E-state index contributed by atoms with van der Waals surface area (Å²) in [5.74, 6) is 2.59. The van der Waals surface area contributed by atoms with E-state index in [2.05, 4.69) is 142 Å². The summed E-state index contributed by atoms with van der Waals surface area (Å²) in [5, 5.41) is 11.3. The number of benzene rings is 4. The van der Waals surface area contributed by atoms with Crippen LogP contribution in [0.3, 0.4) is 0 Å². The van der Waals surface area contributed by atoms with Crippen molar-refractivity contribution in [3.8, 4) is 0 Å². The lowest BCUT2D eigenvalue weighted by Gasteiger charge is -2.42.